The summed E-state index contributed by atoms with van der Waals surface area (Å²) in [6.45, 7) is 1.61. The van der Waals surface area contributed by atoms with Gasteiger partial charge in [-0.15, -0.1) is 0 Å². The number of likely N-dealkylation sites (N-methyl/N-ethyl adjacent to an activating group) is 1. The molecule has 1 aromatic carbocycles. The smallest absolute Gasteiger partial charge is 0.270 e. The van der Waals surface area contributed by atoms with Gasteiger partial charge in [0, 0.05) is 42.4 Å². The number of thiazole rings is 1. The number of anilines is 4. The van der Waals surface area contributed by atoms with E-state index in [9.17, 15) is 9.59 Å². The van der Waals surface area contributed by atoms with E-state index in [1.54, 1.807) is 36.7 Å². The SMILES string of the molecule is CNCCNc1ccc(C(=O)Nc2sc(Nc3ccncc3)nc2C(N)=O)cc1. The topological polar surface area (TPSA) is 134 Å². The van der Waals surface area contributed by atoms with E-state index in [0.29, 0.717) is 10.7 Å². The summed E-state index contributed by atoms with van der Waals surface area (Å²) in [7, 11) is 1.88. The molecule has 9 nitrogen and oxygen atoms in total. The Balaban J connectivity index is 1.71. The van der Waals surface area contributed by atoms with Crippen molar-refractivity contribution in [2.24, 2.45) is 5.73 Å². The molecular formula is C19H21N7O2S. The van der Waals surface area contributed by atoms with Crippen molar-refractivity contribution in [1.82, 2.24) is 15.3 Å². The van der Waals surface area contributed by atoms with Crippen LogP contribution in [0.25, 0.3) is 0 Å². The highest BCUT2D eigenvalue weighted by Gasteiger charge is 2.19. The molecular weight excluding hydrogens is 390 g/mol. The molecule has 0 bridgehead atoms. The lowest BCUT2D eigenvalue weighted by atomic mass is 10.2. The van der Waals surface area contributed by atoms with E-state index in [0.717, 1.165) is 35.8 Å². The number of primary amides is 1. The molecule has 0 saturated carbocycles. The zero-order valence-electron chi connectivity index (χ0n) is 15.7. The van der Waals surface area contributed by atoms with Gasteiger partial charge in [0.2, 0.25) is 0 Å². The van der Waals surface area contributed by atoms with E-state index in [4.69, 9.17) is 5.73 Å². The van der Waals surface area contributed by atoms with Crippen molar-refractivity contribution in [2.45, 2.75) is 0 Å². The third-order valence-corrected chi connectivity index (χ3v) is 4.76. The highest BCUT2D eigenvalue weighted by Crippen LogP contribution is 2.30. The lowest BCUT2D eigenvalue weighted by molar-refractivity contribution is 0.0997. The van der Waals surface area contributed by atoms with E-state index in [1.807, 2.05) is 19.2 Å². The quantitative estimate of drug-likeness (QED) is 0.341. The van der Waals surface area contributed by atoms with Gasteiger partial charge in [0.1, 0.15) is 5.00 Å². The number of benzene rings is 1. The van der Waals surface area contributed by atoms with E-state index in [1.165, 1.54) is 0 Å². The highest BCUT2D eigenvalue weighted by molar-refractivity contribution is 7.20. The molecule has 0 aliphatic heterocycles. The summed E-state index contributed by atoms with van der Waals surface area (Å²) in [5.74, 6) is -1.07. The molecule has 2 amide bonds. The highest BCUT2D eigenvalue weighted by atomic mass is 32.1. The summed E-state index contributed by atoms with van der Waals surface area (Å²) in [4.78, 5) is 32.5. The average molecular weight is 411 g/mol. The van der Waals surface area contributed by atoms with Crippen molar-refractivity contribution in [3.05, 3.63) is 60.0 Å². The van der Waals surface area contributed by atoms with Crippen LogP contribution in [0.3, 0.4) is 0 Å². The minimum absolute atomic E-state index is 0.00487. The normalized spacial score (nSPS) is 10.4. The Hall–Kier alpha value is -3.50. The van der Waals surface area contributed by atoms with Crippen LogP contribution >= 0.6 is 11.3 Å². The van der Waals surface area contributed by atoms with Crippen LogP contribution in [0.1, 0.15) is 20.8 Å². The van der Waals surface area contributed by atoms with Gasteiger partial charge in [-0.25, -0.2) is 4.98 Å². The van der Waals surface area contributed by atoms with Gasteiger partial charge in [0.05, 0.1) is 0 Å². The van der Waals surface area contributed by atoms with Crippen LogP contribution in [0.15, 0.2) is 48.8 Å². The van der Waals surface area contributed by atoms with E-state index < -0.39 is 5.91 Å². The number of carbonyl (C=O) groups excluding carboxylic acids is 2. The monoisotopic (exact) mass is 411 g/mol. The van der Waals surface area contributed by atoms with Gasteiger partial charge in [0.15, 0.2) is 10.8 Å². The Morgan fingerprint density at radius 2 is 1.76 bits per heavy atom. The number of hydrogen-bond donors (Lipinski definition) is 5. The maximum atomic E-state index is 12.6. The molecule has 0 aliphatic rings. The number of carbonyl (C=O) groups is 2. The molecule has 0 atom stereocenters. The number of nitrogens with two attached hydrogens (primary N) is 1. The molecule has 0 radical (unpaired) electrons. The fourth-order valence-corrected chi connectivity index (χ4v) is 3.32. The number of hydrogen-bond acceptors (Lipinski definition) is 8. The van der Waals surface area contributed by atoms with Gasteiger partial charge in [-0.2, -0.15) is 0 Å². The van der Waals surface area contributed by atoms with Crippen LogP contribution in [0.2, 0.25) is 0 Å². The molecule has 3 rings (SSSR count). The van der Waals surface area contributed by atoms with Crippen molar-refractivity contribution < 1.29 is 9.59 Å². The van der Waals surface area contributed by atoms with Crippen LogP contribution in [-0.2, 0) is 0 Å². The molecule has 150 valence electrons. The standard InChI is InChI=1S/C19H21N7O2S/c1-21-10-11-23-13-4-2-12(3-5-13)17(28)26-18-15(16(20)27)25-19(29-18)24-14-6-8-22-9-7-14/h2-9,21,23H,10-11H2,1H3,(H2,20,27)(H,26,28)(H,22,24,25). The van der Waals surface area contributed by atoms with Gasteiger partial charge >= 0.3 is 0 Å². The van der Waals surface area contributed by atoms with Crippen molar-refractivity contribution in [1.29, 1.82) is 0 Å². The Bertz CT molecular complexity index is 974. The number of rotatable bonds is 9. The molecule has 3 aromatic rings. The number of nitrogens with one attached hydrogen (secondary N) is 4. The summed E-state index contributed by atoms with van der Waals surface area (Å²) in [6, 6.07) is 10.6. The summed E-state index contributed by atoms with van der Waals surface area (Å²) in [5.41, 5.74) is 7.54. The van der Waals surface area contributed by atoms with Gasteiger partial charge in [-0.3, -0.25) is 14.6 Å². The first-order chi connectivity index (χ1) is 14.1. The first-order valence-electron chi connectivity index (χ1n) is 8.84. The van der Waals surface area contributed by atoms with Crippen molar-refractivity contribution >= 4 is 44.7 Å². The predicted molar refractivity (Wildman–Crippen MR) is 115 cm³/mol. The third kappa shape index (κ3) is 5.50. The summed E-state index contributed by atoms with van der Waals surface area (Å²) in [6.07, 6.45) is 3.26. The molecule has 0 fully saturated rings. The summed E-state index contributed by atoms with van der Waals surface area (Å²) >= 11 is 1.13. The van der Waals surface area contributed by atoms with Crippen molar-refractivity contribution in [3.8, 4) is 0 Å². The van der Waals surface area contributed by atoms with Crippen molar-refractivity contribution in [3.63, 3.8) is 0 Å². The molecule has 29 heavy (non-hydrogen) atoms. The minimum Gasteiger partial charge on any atom is -0.384 e. The third-order valence-electron chi connectivity index (χ3n) is 3.87. The second kappa shape index (κ2) is 9.62. The maximum Gasteiger partial charge on any atom is 0.270 e. The first kappa shape index (κ1) is 20.2. The molecule has 0 spiro atoms. The molecule has 10 heteroatoms. The number of pyridine rings is 1. The Labute approximate surface area is 171 Å². The van der Waals surface area contributed by atoms with Crippen molar-refractivity contribution in [2.75, 3.05) is 36.1 Å². The van der Waals surface area contributed by atoms with E-state index >= 15 is 0 Å². The molecule has 0 unspecified atom stereocenters. The maximum absolute atomic E-state index is 12.6. The predicted octanol–water partition coefficient (Wildman–Crippen LogP) is 2.26. The average Bonchev–Trinajstić information content (AvgIpc) is 3.12. The zero-order valence-corrected chi connectivity index (χ0v) is 16.5. The zero-order chi connectivity index (χ0) is 20.6. The lowest BCUT2D eigenvalue weighted by Gasteiger charge is -2.07. The van der Waals surface area contributed by atoms with E-state index in [2.05, 4.69) is 31.2 Å². The molecule has 0 aliphatic carbocycles. The second-order valence-corrected chi connectivity index (χ2v) is 6.98. The largest absolute Gasteiger partial charge is 0.384 e. The summed E-state index contributed by atoms with van der Waals surface area (Å²) < 4.78 is 0. The van der Waals surface area contributed by atoms with Gasteiger partial charge in [-0.1, -0.05) is 11.3 Å². The minimum atomic E-state index is -0.719. The first-order valence-corrected chi connectivity index (χ1v) is 9.66. The van der Waals surface area contributed by atoms with Crippen LogP contribution in [0.5, 0.6) is 0 Å². The van der Waals surface area contributed by atoms with Crippen LogP contribution < -0.4 is 27.0 Å². The van der Waals surface area contributed by atoms with Gasteiger partial charge in [-0.05, 0) is 43.4 Å². The Morgan fingerprint density at radius 3 is 2.41 bits per heavy atom. The number of nitrogens with zero attached hydrogens (tertiary/aromatic N) is 2. The second-order valence-electron chi connectivity index (χ2n) is 5.98. The van der Waals surface area contributed by atoms with Gasteiger partial charge < -0.3 is 27.0 Å². The van der Waals surface area contributed by atoms with Crippen LogP contribution in [0.4, 0.5) is 21.5 Å². The Kier molecular flexibility index (Phi) is 6.72. The molecule has 2 heterocycles. The molecule has 2 aromatic heterocycles. The van der Waals surface area contributed by atoms with E-state index in [-0.39, 0.29) is 16.6 Å². The number of amides is 2. The van der Waals surface area contributed by atoms with Crippen LogP contribution in [0, 0.1) is 0 Å². The summed E-state index contributed by atoms with van der Waals surface area (Å²) in [5, 5.41) is 12.8. The molecule has 6 N–H and O–H groups in total. The molecule has 0 saturated heterocycles. The Morgan fingerprint density at radius 1 is 1.03 bits per heavy atom. The fourth-order valence-electron chi connectivity index (χ4n) is 2.43. The lowest BCUT2D eigenvalue weighted by Crippen LogP contribution is -2.18. The van der Waals surface area contributed by atoms with Crippen LogP contribution in [-0.4, -0.2) is 41.9 Å². The fraction of sp³-hybridized carbons (Fsp3) is 0.158. The number of aromatic nitrogens is 2. The van der Waals surface area contributed by atoms with Gasteiger partial charge in [0.25, 0.3) is 11.8 Å².